The smallest absolute Gasteiger partial charge is 0.261 e. The number of benzene rings is 2. The molecule has 0 aliphatic rings. The molecule has 0 atom stereocenters. The highest BCUT2D eigenvalue weighted by molar-refractivity contribution is 5.99. The van der Waals surface area contributed by atoms with E-state index in [1.165, 1.54) is 16.8 Å². The third-order valence-electron chi connectivity index (χ3n) is 3.32. The van der Waals surface area contributed by atoms with Gasteiger partial charge >= 0.3 is 0 Å². The molecule has 0 unspecified atom stereocenters. The van der Waals surface area contributed by atoms with Gasteiger partial charge < -0.3 is 0 Å². The van der Waals surface area contributed by atoms with Crippen molar-refractivity contribution in [3.63, 3.8) is 0 Å². The normalized spacial score (nSPS) is 11.7. The summed E-state index contributed by atoms with van der Waals surface area (Å²) in [6, 6.07) is 13.3. The number of nitrogens with zero attached hydrogens (tertiary/aromatic N) is 4. The number of para-hydroxylation sites is 1. The quantitative estimate of drug-likeness (QED) is 0.592. The molecular weight excluding hydrogens is 297 g/mol. The summed E-state index contributed by atoms with van der Waals surface area (Å²) in [4.78, 5) is 12.0. The van der Waals surface area contributed by atoms with E-state index in [0.717, 1.165) is 16.6 Å². The second-order valence-corrected chi connectivity index (χ2v) is 4.97. The Hall–Kier alpha value is -3.09. The summed E-state index contributed by atoms with van der Waals surface area (Å²) in [6.07, 6.45) is 0. The van der Waals surface area contributed by atoms with Crippen molar-refractivity contribution in [1.82, 2.24) is 20.4 Å². The number of carbonyl (C=O) groups excluding carboxylic acids is 1. The predicted molar refractivity (Wildman–Crippen MR) is 84.3 cm³/mol. The van der Waals surface area contributed by atoms with Crippen LogP contribution in [-0.4, -0.2) is 26.6 Å². The van der Waals surface area contributed by atoms with Gasteiger partial charge in [-0.3, -0.25) is 4.79 Å². The second-order valence-electron chi connectivity index (χ2n) is 4.97. The highest BCUT2D eigenvalue weighted by atomic mass is 19.1. The molecule has 7 heteroatoms. The molecule has 6 nitrogen and oxygen atoms in total. The van der Waals surface area contributed by atoms with Gasteiger partial charge in [-0.2, -0.15) is 5.10 Å². The van der Waals surface area contributed by atoms with Crippen molar-refractivity contribution in [2.45, 2.75) is 13.5 Å². The fourth-order valence-corrected chi connectivity index (χ4v) is 2.11. The fourth-order valence-electron chi connectivity index (χ4n) is 2.11. The molecule has 1 N–H and O–H groups in total. The lowest BCUT2D eigenvalue weighted by atomic mass is 10.1. The van der Waals surface area contributed by atoms with Crippen LogP contribution in [0.5, 0.6) is 0 Å². The summed E-state index contributed by atoms with van der Waals surface area (Å²) in [7, 11) is 0. The Bertz CT molecular complexity index is 870. The van der Waals surface area contributed by atoms with E-state index in [2.05, 4.69) is 20.8 Å². The van der Waals surface area contributed by atoms with Gasteiger partial charge in [-0.25, -0.2) is 14.5 Å². The van der Waals surface area contributed by atoms with E-state index < -0.39 is 0 Å². The SMILES string of the molecule is C/C(=N\NC(=O)Cn1nnc2ccccc21)c1ccc(F)cc1. The lowest BCUT2D eigenvalue weighted by Crippen LogP contribution is -2.24. The van der Waals surface area contributed by atoms with Crippen LogP contribution in [-0.2, 0) is 11.3 Å². The summed E-state index contributed by atoms with van der Waals surface area (Å²) in [6.45, 7) is 1.75. The zero-order valence-electron chi connectivity index (χ0n) is 12.4. The van der Waals surface area contributed by atoms with Crippen molar-refractivity contribution in [3.8, 4) is 0 Å². The van der Waals surface area contributed by atoms with E-state index in [0.29, 0.717) is 5.71 Å². The molecule has 0 fully saturated rings. The first-order valence-electron chi connectivity index (χ1n) is 7.01. The van der Waals surface area contributed by atoms with Crippen molar-refractivity contribution in [2.75, 3.05) is 0 Å². The van der Waals surface area contributed by atoms with Gasteiger partial charge in [-0.15, -0.1) is 5.10 Å². The maximum absolute atomic E-state index is 12.9. The van der Waals surface area contributed by atoms with Gasteiger partial charge in [0.15, 0.2) is 0 Å². The maximum Gasteiger partial charge on any atom is 0.261 e. The molecule has 1 amide bonds. The number of rotatable bonds is 4. The zero-order chi connectivity index (χ0) is 16.2. The molecule has 3 rings (SSSR count). The highest BCUT2D eigenvalue weighted by Crippen LogP contribution is 2.09. The van der Waals surface area contributed by atoms with Gasteiger partial charge in [-0.05, 0) is 36.8 Å². The molecule has 0 saturated heterocycles. The molecule has 0 radical (unpaired) electrons. The van der Waals surface area contributed by atoms with E-state index in [9.17, 15) is 9.18 Å². The Kier molecular flexibility index (Phi) is 4.09. The Morgan fingerprint density at radius 3 is 2.74 bits per heavy atom. The topological polar surface area (TPSA) is 72.2 Å². The summed E-state index contributed by atoms with van der Waals surface area (Å²) in [5.74, 6) is -0.634. The predicted octanol–water partition coefficient (Wildman–Crippen LogP) is 2.11. The Labute approximate surface area is 131 Å². The fraction of sp³-hybridized carbons (Fsp3) is 0.125. The molecule has 0 aliphatic carbocycles. The largest absolute Gasteiger partial charge is 0.271 e. The number of nitrogens with one attached hydrogen (secondary N) is 1. The Morgan fingerprint density at radius 1 is 1.22 bits per heavy atom. The molecule has 0 bridgehead atoms. The van der Waals surface area contributed by atoms with E-state index in [4.69, 9.17) is 0 Å². The number of hydrazone groups is 1. The van der Waals surface area contributed by atoms with Crippen molar-refractivity contribution in [1.29, 1.82) is 0 Å². The van der Waals surface area contributed by atoms with Crippen LogP contribution < -0.4 is 5.43 Å². The third-order valence-corrected chi connectivity index (χ3v) is 3.32. The van der Waals surface area contributed by atoms with Gasteiger partial charge in [0.25, 0.3) is 5.91 Å². The number of halogens is 1. The lowest BCUT2D eigenvalue weighted by Gasteiger charge is -2.04. The van der Waals surface area contributed by atoms with Crippen molar-refractivity contribution >= 4 is 22.7 Å². The lowest BCUT2D eigenvalue weighted by molar-refractivity contribution is -0.121. The molecule has 3 aromatic rings. The van der Waals surface area contributed by atoms with Crippen molar-refractivity contribution in [2.24, 2.45) is 5.10 Å². The van der Waals surface area contributed by atoms with Crippen molar-refractivity contribution < 1.29 is 9.18 Å². The number of hydrogen-bond acceptors (Lipinski definition) is 4. The summed E-state index contributed by atoms with van der Waals surface area (Å²) in [5.41, 5.74) is 5.29. The van der Waals surface area contributed by atoms with Crippen LogP contribution in [0.3, 0.4) is 0 Å². The van der Waals surface area contributed by atoms with E-state index >= 15 is 0 Å². The molecular formula is C16H14FN5O. The first-order valence-corrected chi connectivity index (χ1v) is 7.01. The van der Waals surface area contributed by atoms with Crippen LogP contribution in [0.4, 0.5) is 4.39 Å². The Balaban J connectivity index is 1.67. The molecule has 1 aromatic heterocycles. The standard InChI is InChI=1S/C16H14FN5O/c1-11(12-6-8-13(17)9-7-12)18-20-16(23)10-22-15-5-3-2-4-14(15)19-21-22/h2-9H,10H2,1H3,(H,20,23)/b18-11+. The Morgan fingerprint density at radius 2 is 1.96 bits per heavy atom. The molecule has 2 aromatic carbocycles. The summed E-state index contributed by atoms with van der Waals surface area (Å²) in [5, 5.41) is 11.9. The average Bonchev–Trinajstić information content (AvgIpc) is 2.96. The minimum atomic E-state index is -0.317. The molecule has 0 aliphatic heterocycles. The van der Waals surface area contributed by atoms with Crippen LogP contribution in [0.2, 0.25) is 0 Å². The van der Waals surface area contributed by atoms with Crippen molar-refractivity contribution in [3.05, 3.63) is 59.9 Å². The van der Waals surface area contributed by atoms with Crippen LogP contribution >= 0.6 is 0 Å². The van der Waals surface area contributed by atoms with Gasteiger partial charge in [0.2, 0.25) is 0 Å². The molecule has 116 valence electrons. The number of amides is 1. The van der Waals surface area contributed by atoms with E-state index in [1.807, 2.05) is 24.3 Å². The highest BCUT2D eigenvalue weighted by Gasteiger charge is 2.08. The number of aromatic nitrogens is 3. The number of carbonyl (C=O) groups is 1. The van der Waals surface area contributed by atoms with Crippen LogP contribution in [0.25, 0.3) is 11.0 Å². The average molecular weight is 311 g/mol. The second kappa shape index (κ2) is 6.35. The minimum Gasteiger partial charge on any atom is -0.271 e. The zero-order valence-corrected chi connectivity index (χ0v) is 12.4. The monoisotopic (exact) mass is 311 g/mol. The van der Waals surface area contributed by atoms with Crippen LogP contribution in [0.15, 0.2) is 53.6 Å². The molecule has 0 spiro atoms. The van der Waals surface area contributed by atoms with Gasteiger partial charge in [-0.1, -0.05) is 29.5 Å². The maximum atomic E-state index is 12.9. The first-order chi connectivity index (χ1) is 11.1. The molecule has 23 heavy (non-hydrogen) atoms. The summed E-state index contributed by atoms with van der Waals surface area (Å²) >= 11 is 0. The van der Waals surface area contributed by atoms with Gasteiger partial charge in [0.05, 0.1) is 11.2 Å². The van der Waals surface area contributed by atoms with E-state index in [1.54, 1.807) is 19.1 Å². The molecule has 1 heterocycles. The van der Waals surface area contributed by atoms with Gasteiger partial charge in [0, 0.05) is 0 Å². The molecule has 0 saturated carbocycles. The number of hydrogen-bond donors (Lipinski definition) is 1. The van der Waals surface area contributed by atoms with Crippen LogP contribution in [0, 0.1) is 5.82 Å². The van der Waals surface area contributed by atoms with E-state index in [-0.39, 0.29) is 18.3 Å². The number of fused-ring (bicyclic) bond motifs is 1. The summed E-state index contributed by atoms with van der Waals surface area (Å²) < 4.78 is 14.4. The third kappa shape index (κ3) is 3.39. The van der Waals surface area contributed by atoms with Crippen LogP contribution in [0.1, 0.15) is 12.5 Å². The minimum absolute atomic E-state index is 0.0146. The van der Waals surface area contributed by atoms with Gasteiger partial charge in [0.1, 0.15) is 17.9 Å². The first kappa shape index (κ1) is 14.8.